The Hall–Kier alpha value is -3.02. The molecule has 0 heterocycles. The minimum Gasteiger partial charge on any atom is -0.494 e. The quantitative estimate of drug-likeness (QED) is 0.701. The summed E-state index contributed by atoms with van der Waals surface area (Å²) in [5.41, 5.74) is 7.06. The fourth-order valence-corrected chi connectivity index (χ4v) is 2.46. The van der Waals surface area contributed by atoms with Crippen molar-refractivity contribution in [2.24, 2.45) is 0 Å². The van der Waals surface area contributed by atoms with Crippen LogP contribution in [0.15, 0.2) is 48.5 Å². The highest BCUT2D eigenvalue weighted by molar-refractivity contribution is 5.84. The summed E-state index contributed by atoms with van der Waals surface area (Å²) >= 11 is 0. The fourth-order valence-electron chi connectivity index (χ4n) is 2.46. The largest absolute Gasteiger partial charge is 0.494 e. The van der Waals surface area contributed by atoms with Crippen LogP contribution < -0.4 is 20.3 Å². The van der Waals surface area contributed by atoms with E-state index in [2.05, 4.69) is 10.9 Å². The second kappa shape index (κ2) is 10.2. The zero-order valence-corrected chi connectivity index (χ0v) is 16.0. The van der Waals surface area contributed by atoms with Gasteiger partial charge in [-0.1, -0.05) is 29.8 Å². The van der Waals surface area contributed by atoms with E-state index < -0.39 is 12.0 Å². The van der Waals surface area contributed by atoms with Crippen LogP contribution in [-0.2, 0) is 16.0 Å². The molecule has 2 rings (SSSR count). The summed E-state index contributed by atoms with van der Waals surface area (Å²) < 4.78 is 10.9. The van der Waals surface area contributed by atoms with Gasteiger partial charge in [0.25, 0.3) is 5.91 Å². The van der Waals surface area contributed by atoms with Crippen molar-refractivity contribution in [3.8, 4) is 11.5 Å². The molecule has 6 nitrogen and oxygen atoms in total. The molecular formula is C21H26N2O4. The van der Waals surface area contributed by atoms with E-state index in [4.69, 9.17) is 9.47 Å². The van der Waals surface area contributed by atoms with Gasteiger partial charge >= 0.3 is 0 Å². The first-order valence-electron chi connectivity index (χ1n) is 9.01. The number of aryl methyl sites for hydroxylation is 2. The summed E-state index contributed by atoms with van der Waals surface area (Å²) in [6.45, 7) is 6.12. The zero-order chi connectivity index (χ0) is 19.6. The third kappa shape index (κ3) is 7.01. The molecule has 1 atom stereocenters. The third-order valence-corrected chi connectivity index (χ3v) is 3.87. The highest BCUT2D eigenvalue weighted by atomic mass is 16.5. The Bertz CT molecular complexity index is 759. The first-order chi connectivity index (χ1) is 13.0. The number of benzene rings is 2. The topological polar surface area (TPSA) is 76.7 Å². The van der Waals surface area contributed by atoms with Gasteiger partial charge in [0, 0.05) is 6.42 Å². The molecule has 0 aliphatic rings. The molecular weight excluding hydrogens is 344 g/mol. The number of hydrazine groups is 1. The van der Waals surface area contributed by atoms with E-state index in [0.29, 0.717) is 18.8 Å². The molecule has 27 heavy (non-hydrogen) atoms. The van der Waals surface area contributed by atoms with Crippen LogP contribution in [0, 0.1) is 6.92 Å². The van der Waals surface area contributed by atoms with Gasteiger partial charge in [-0.15, -0.1) is 0 Å². The molecule has 0 aliphatic carbocycles. The van der Waals surface area contributed by atoms with E-state index in [0.717, 1.165) is 16.9 Å². The Balaban J connectivity index is 1.72. The van der Waals surface area contributed by atoms with Crippen LogP contribution in [0.25, 0.3) is 0 Å². The van der Waals surface area contributed by atoms with Gasteiger partial charge < -0.3 is 9.47 Å². The van der Waals surface area contributed by atoms with Crippen LogP contribution in [0.2, 0.25) is 0 Å². The Labute approximate surface area is 159 Å². The summed E-state index contributed by atoms with van der Waals surface area (Å²) in [6, 6.07) is 15.0. The van der Waals surface area contributed by atoms with Crippen molar-refractivity contribution in [3.05, 3.63) is 59.7 Å². The molecule has 0 radical (unpaired) electrons. The number of rotatable bonds is 8. The number of hydrogen-bond donors (Lipinski definition) is 2. The zero-order valence-electron chi connectivity index (χ0n) is 16.0. The van der Waals surface area contributed by atoms with Gasteiger partial charge in [-0.3, -0.25) is 20.4 Å². The molecule has 2 aromatic rings. The molecule has 0 saturated heterocycles. The second-order valence-corrected chi connectivity index (χ2v) is 6.19. The maximum absolute atomic E-state index is 12.1. The predicted molar refractivity (Wildman–Crippen MR) is 103 cm³/mol. The van der Waals surface area contributed by atoms with Gasteiger partial charge in [0.05, 0.1) is 6.61 Å². The molecule has 2 amide bonds. The lowest BCUT2D eigenvalue weighted by Crippen LogP contribution is -2.47. The minimum absolute atomic E-state index is 0.252. The molecule has 1 unspecified atom stereocenters. The summed E-state index contributed by atoms with van der Waals surface area (Å²) in [4.78, 5) is 24.0. The highest BCUT2D eigenvalue weighted by Gasteiger charge is 2.15. The first kappa shape index (κ1) is 20.3. The van der Waals surface area contributed by atoms with Crippen molar-refractivity contribution in [3.63, 3.8) is 0 Å². The van der Waals surface area contributed by atoms with Gasteiger partial charge in [-0.2, -0.15) is 0 Å². The summed E-state index contributed by atoms with van der Waals surface area (Å²) in [5.74, 6) is 0.612. The van der Waals surface area contributed by atoms with E-state index in [-0.39, 0.29) is 12.3 Å². The normalized spacial score (nSPS) is 11.4. The van der Waals surface area contributed by atoms with Gasteiger partial charge in [-0.05, 0) is 57.0 Å². The monoisotopic (exact) mass is 370 g/mol. The van der Waals surface area contributed by atoms with Crippen molar-refractivity contribution < 1.29 is 19.1 Å². The first-order valence-corrected chi connectivity index (χ1v) is 9.01. The molecule has 0 bridgehead atoms. The Morgan fingerprint density at radius 2 is 1.74 bits per heavy atom. The molecule has 0 aliphatic heterocycles. The number of nitrogens with one attached hydrogen (secondary N) is 2. The molecule has 2 aromatic carbocycles. The standard InChI is InChI=1S/C21H26N2O4/c1-4-26-18-9-11-19(12-10-18)27-16(3)21(25)23-22-20(24)13-8-17-7-5-6-15(2)14-17/h5-7,9-12,14,16H,4,8,13H2,1-3H3,(H,22,24)(H,23,25). The van der Waals surface area contributed by atoms with E-state index in [1.54, 1.807) is 31.2 Å². The van der Waals surface area contributed by atoms with Crippen LogP contribution >= 0.6 is 0 Å². The molecule has 0 aromatic heterocycles. The molecule has 0 spiro atoms. The van der Waals surface area contributed by atoms with Crippen LogP contribution in [0.3, 0.4) is 0 Å². The van der Waals surface area contributed by atoms with Crippen molar-refractivity contribution in [1.82, 2.24) is 10.9 Å². The predicted octanol–water partition coefficient (Wildman–Crippen LogP) is 2.94. The van der Waals surface area contributed by atoms with E-state index in [9.17, 15) is 9.59 Å². The van der Waals surface area contributed by atoms with Gasteiger partial charge in [0.2, 0.25) is 5.91 Å². The molecule has 144 valence electrons. The Morgan fingerprint density at radius 3 is 2.41 bits per heavy atom. The smallest absolute Gasteiger partial charge is 0.279 e. The van der Waals surface area contributed by atoms with Crippen LogP contribution in [-0.4, -0.2) is 24.5 Å². The highest BCUT2D eigenvalue weighted by Crippen LogP contribution is 2.18. The summed E-state index contributed by atoms with van der Waals surface area (Å²) in [7, 11) is 0. The van der Waals surface area contributed by atoms with Crippen molar-refractivity contribution in [1.29, 1.82) is 0 Å². The van der Waals surface area contributed by atoms with Crippen molar-refractivity contribution >= 4 is 11.8 Å². The summed E-state index contributed by atoms with van der Waals surface area (Å²) in [6.07, 6.45) is 0.152. The molecule has 0 fully saturated rings. The SMILES string of the molecule is CCOc1ccc(OC(C)C(=O)NNC(=O)CCc2cccc(C)c2)cc1. The number of carbonyl (C=O) groups excluding carboxylic acids is 2. The number of ether oxygens (including phenoxy) is 2. The number of amides is 2. The second-order valence-electron chi connectivity index (χ2n) is 6.19. The van der Waals surface area contributed by atoms with Gasteiger partial charge in [0.15, 0.2) is 6.10 Å². The lowest BCUT2D eigenvalue weighted by Gasteiger charge is -2.15. The third-order valence-electron chi connectivity index (χ3n) is 3.87. The van der Waals surface area contributed by atoms with E-state index in [1.165, 1.54) is 0 Å². The lowest BCUT2D eigenvalue weighted by molar-refractivity contribution is -0.132. The van der Waals surface area contributed by atoms with Crippen LogP contribution in [0.5, 0.6) is 11.5 Å². The summed E-state index contributed by atoms with van der Waals surface area (Å²) in [5, 5.41) is 0. The average Bonchev–Trinajstić information content (AvgIpc) is 2.66. The number of carbonyl (C=O) groups is 2. The maximum atomic E-state index is 12.1. The fraction of sp³-hybridized carbons (Fsp3) is 0.333. The number of hydrogen-bond acceptors (Lipinski definition) is 4. The Morgan fingerprint density at radius 1 is 1.04 bits per heavy atom. The average molecular weight is 370 g/mol. The Kier molecular flexibility index (Phi) is 7.67. The van der Waals surface area contributed by atoms with Gasteiger partial charge in [-0.25, -0.2) is 0 Å². The van der Waals surface area contributed by atoms with Crippen LogP contribution in [0.1, 0.15) is 31.4 Å². The maximum Gasteiger partial charge on any atom is 0.279 e. The van der Waals surface area contributed by atoms with Crippen LogP contribution in [0.4, 0.5) is 0 Å². The molecule has 6 heteroatoms. The lowest BCUT2D eigenvalue weighted by atomic mass is 10.1. The van der Waals surface area contributed by atoms with E-state index >= 15 is 0 Å². The van der Waals surface area contributed by atoms with Gasteiger partial charge in [0.1, 0.15) is 11.5 Å². The minimum atomic E-state index is -0.750. The van der Waals surface area contributed by atoms with Crippen molar-refractivity contribution in [2.45, 2.75) is 39.7 Å². The molecule has 0 saturated carbocycles. The van der Waals surface area contributed by atoms with E-state index in [1.807, 2.05) is 38.1 Å². The molecule has 2 N–H and O–H groups in total. The van der Waals surface area contributed by atoms with Crippen molar-refractivity contribution in [2.75, 3.05) is 6.61 Å².